The van der Waals surface area contributed by atoms with Crippen molar-refractivity contribution in [1.82, 2.24) is 19.9 Å². The van der Waals surface area contributed by atoms with Crippen LogP contribution in [0, 0.1) is 0 Å². The Morgan fingerprint density at radius 3 is 2.89 bits per heavy atom. The summed E-state index contributed by atoms with van der Waals surface area (Å²) in [5.41, 5.74) is 6.81. The van der Waals surface area contributed by atoms with Crippen LogP contribution in [0.15, 0.2) is 30.7 Å². The zero-order valence-corrected chi connectivity index (χ0v) is 10.1. The Morgan fingerprint density at radius 1 is 1.44 bits per heavy atom. The highest BCUT2D eigenvalue weighted by Gasteiger charge is 2.06. The lowest BCUT2D eigenvalue weighted by Crippen LogP contribution is -2.26. The number of nitrogens with one attached hydrogen (secondary N) is 1. The summed E-state index contributed by atoms with van der Waals surface area (Å²) in [6, 6.07) is 3.48. The van der Waals surface area contributed by atoms with E-state index in [9.17, 15) is 4.79 Å². The molecule has 0 bridgehead atoms. The predicted molar refractivity (Wildman–Crippen MR) is 67.4 cm³/mol. The number of hydrogen-bond donors (Lipinski definition) is 2. The molecule has 0 saturated carbocycles. The second-order valence-electron chi connectivity index (χ2n) is 3.99. The first-order valence-electron chi connectivity index (χ1n) is 5.58. The highest BCUT2D eigenvalue weighted by Crippen LogP contribution is 2.02. The van der Waals surface area contributed by atoms with Gasteiger partial charge in [-0.2, -0.15) is 0 Å². The van der Waals surface area contributed by atoms with Gasteiger partial charge < -0.3 is 15.6 Å². The van der Waals surface area contributed by atoms with E-state index in [0.717, 1.165) is 5.82 Å². The minimum atomic E-state index is -0.0877. The summed E-state index contributed by atoms with van der Waals surface area (Å²) in [6.07, 6.45) is 5.32. The van der Waals surface area contributed by atoms with E-state index in [0.29, 0.717) is 17.9 Å². The number of amides is 1. The third kappa shape index (κ3) is 3.07. The molecule has 0 unspecified atom stereocenters. The molecule has 0 radical (unpaired) electrons. The van der Waals surface area contributed by atoms with Gasteiger partial charge in [-0.3, -0.25) is 9.78 Å². The normalized spacial score (nSPS) is 10.3. The van der Waals surface area contributed by atoms with Crippen LogP contribution in [0.3, 0.4) is 0 Å². The Labute approximate surface area is 105 Å². The van der Waals surface area contributed by atoms with E-state index in [-0.39, 0.29) is 12.3 Å². The molecule has 0 aromatic carbocycles. The highest BCUT2D eigenvalue weighted by molar-refractivity contribution is 5.78. The van der Waals surface area contributed by atoms with Gasteiger partial charge in [-0.1, -0.05) is 0 Å². The third-order valence-electron chi connectivity index (χ3n) is 2.55. The second-order valence-corrected chi connectivity index (χ2v) is 3.99. The van der Waals surface area contributed by atoms with E-state index in [1.165, 1.54) is 0 Å². The number of nitrogens with zero attached hydrogens (tertiary/aromatic N) is 3. The fourth-order valence-corrected chi connectivity index (χ4v) is 1.51. The van der Waals surface area contributed by atoms with Crippen molar-refractivity contribution in [3.63, 3.8) is 0 Å². The fraction of sp³-hybridized carbons (Fsp3) is 0.250. The first kappa shape index (κ1) is 12.1. The summed E-state index contributed by atoms with van der Waals surface area (Å²) in [4.78, 5) is 19.9. The number of pyridine rings is 1. The Morgan fingerprint density at radius 2 is 2.28 bits per heavy atom. The van der Waals surface area contributed by atoms with Crippen LogP contribution in [0.25, 0.3) is 0 Å². The van der Waals surface area contributed by atoms with Crippen LogP contribution in [0.5, 0.6) is 0 Å². The molecule has 18 heavy (non-hydrogen) atoms. The highest BCUT2D eigenvalue weighted by atomic mass is 16.1. The molecule has 0 saturated heterocycles. The van der Waals surface area contributed by atoms with Crippen molar-refractivity contribution >= 4 is 11.6 Å². The van der Waals surface area contributed by atoms with Gasteiger partial charge in [-0.05, 0) is 12.1 Å². The molecule has 2 rings (SSSR count). The summed E-state index contributed by atoms with van der Waals surface area (Å²) >= 11 is 0. The van der Waals surface area contributed by atoms with Crippen molar-refractivity contribution in [2.24, 2.45) is 7.05 Å². The van der Waals surface area contributed by atoms with E-state index in [1.54, 1.807) is 24.5 Å². The van der Waals surface area contributed by atoms with Crippen LogP contribution < -0.4 is 11.1 Å². The van der Waals surface area contributed by atoms with Gasteiger partial charge in [-0.15, -0.1) is 0 Å². The number of aromatic nitrogens is 3. The maximum absolute atomic E-state index is 11.7. The standard InChI is InChI=1S/C12H15N5O/c1-17-5-4-14-11(17)8-16-12(18)6-10-3-2-9(13)7-15-10/h2-5,7H,6,8,13H2,1H3,(H,16,18). The maximum atomic E-state index is 11.7. The predicted octanol–water partition coefficient (Wildman–Crippen LogP) is 0.256. The number of carbonyl (C=O) groups is 1. The van der Waals surface area contributed by atoms with E-state index < -0.39 is 0 Å². The maximum Gasteiger partial charge on any atom is 0.226 e. The number of nitrogen functional groups attached to an aromatic ring is 1. The van der Waals surface area contributed by atoms with E-state index >= 15 is 0 Å². The number of hydrogen-bond acceptors (Lipinski definition) is 4. The number of anilines is 1. The average molecular weight is 245 g/mol. The summed E-state index contributed by atoms with van der Waals surface area (Å²) in [7, 11) is 1.88. The Kier molecular flexibility index (Phi) is 3.57. The van der Waals surface area contributed by atoms with E-state index in [2.05, 4.69) is 15.3 Å². The number of nitrogens with two attached hydrogens (primary N) is 1. The van der Waals surface area contributed by atoms with Crippen LogP contribution in [-0.4, -0.2) is 20.4 Å². The molecule has 94 valence electrons. The molecule has 6 nitrogen and oxygen atoms in total. The molecule has 2 heterocycles. The smallest absolute Gasteiger partial charge is 0.226 e. The van der Waals surface area contributed by atoms with Crippen molar-refractivity contribution in [3.05, 3.63) is 42.2 Å². The van der Waals surface area contributed by atoms with Gasteiger partial charge in [0.2, 0.25) is 5.91 Å². The summed E-state index contributed by atoms with van der Waals surface area (Å²) in [6.45, 7) is 0.414. The summed E-state index contributed by atoms with van der Waals surface area (Å²) < 4.78 is 1.86. The molecule has 2 aromatic heterocycles. The lowest BCUT2D eigenvalue weighted by Gasteiger charge is -2.05. The topological polar surface area (TPSA) is 85.8 Å². The van der Waals surface area contributed by atoms with Gasteiger partial charge in [0.1, 0.15) is 5.82 Å². The zero-order chi connectivity index (χ0) is 13.0. The molecule has 0 aliphatic carbocycles. The van der Waals surface area contributed by atoms with Gasteiger partial charge in [0.15, 0.2) is 0 Å². The Bertz CT molecular complexity index is 532. The average Bonchev–Trinajstić information content (AvgIpc) is 2.75. The number of imidazole rings is 1. The second kappa shape index (κ2) is 5.31. The van der Waals surface area contributed by atoms with Crippen molar-refractivity contribution in [2.45, 2.75) is 13.0 Å². The van der Waals surface area contributed by atoms with Crippen molar-refractivity contribution in [1.29, 1.82) is 0 Å². The van der Waals surface area contributed by atoms with E-state index in [4.69, 9.17) is 5.73 Å². The van der Waals surface area contributed by atoms with Gasteiger partial charge in [0.25, 0.3) is 0 Å². The van der Waals surface area contributed by atoms with Crippen LogP contribution in [0.2, 0.25) is 0 Å². The SMILES string of the molecule is Cn1ccnc1CNC(=O)Cc1ccc(N)cn1. The lowest BCUT2D eigenvalue weighted by atomic mass is 10.2. The number of aryl methyl sites for hydroxylation is 1. The minimum Gasteiger partial charge on any atom is -0.397 e. The molecule has 0 aliphatic rings. The molecule has 1 amide bonds. The lowest BCUT2D eigenvalue weighted by molar-refractivity contribution is -0.120. The van der Waals surface area contributed by atoms with Crippen molar-refractivity contribution in [3.8, 4) is 0 Å². The Hall–Kier alpha value is -2.37. The molecule has 0 aliphatic heterocycles. The van der Waals surface area contributed by atoms with Crippen LogP contribution >= 0.6 is 0 Å². The summed E-state index contributed by atoms with van der Waals surface area (Å²) in [5, 5.41) is 2.80. The van der Waals surface area contributed by atoms with Crippen molar-refractivity contribution in [2.75, 3.05) is 5.73 Å². The molecule has 2 aromatic rings. The van der Waals surface area contributed by atoms with Gasteiger partial charge in [0, 0.05) is 25.1 Å². The molecule has 0 atom stereocenters. The van der Waals surface area contributed by atoms with Gasteiger partial charge in [-0.25, -0.2) is 4.98 Å². The van der Waals surface area contributed by atoms with E-state index in [1.807, 2.05) is 17.8 Å². The van der Waals surface area contributed by atoms with Gasteiger partial charge in [0.05, 0.1) is 24.8 Å². The first-order chi connectivity index (χ1) is 8.65. The number of rotatable bonds is 4. The molecule has 6 heteroatoms. The quantitative estimate of drug-likeness (QED) is 0.808. The first-order valence-corrected chi connectivity index (χ1v) is 5.58. The molecule has 0 spiro atoms. The number of carbonyl (C=O) groups excluding carboxylic acids is 1. The van der Waals surface area contributed by atoms with Crippen LogP contribution in [0.1, 0.15) is 11.5 Å². The monoisotopic (exact) mass is 245 g/mol. The zero-order valence-electron chi connectivity index (χ0n) is 10.1. The van der Waals surface area contributed by atoms with Crippen LogP contribution in [0.4, 0.5) is 5.69 Å². The summed E-state index contributed by atoms with van der Waals surface area (Å²) in [5.74, 6) is 0.726. The van der Waals surface area contributed by atoms with Crippen molar-refractivity contribution < 1.29 is 4.79 Å². The molecule has 0 fully saturated rings. The molecular formula is C12H15N5O. The molecule has 3 N–H and O–H groups in total. The fourth-order valence-electron chi connectivity index (χ4n) is 1.51. The third-order valence-corrected chi connectivity index (χ3v) is 2.55. The van der Waals surface area contributed by atoms with Crippen LogP contribution in [-0.2, 0) is 24.8 Å². The minimum absolute atomic E-state index is 0.0877. The Balaban J connectivity index is 1.86. The van der Waals surface area contributed by atoms with Gasteiger partial charge >= 0.3 is 0 Å². The molecular weight excluding hydrogens is 230 g/mol. The largest absolute Gasteiger partial charge is 0.397 e.